The summed E-state index contributed by atoms with van der Waals surface area (Å²) in [5, 5.41) is 3.12. The summed E-state index contributed by atoms with van der Waals surface area (Å²) in [6.07, 6.45) is -0.559. The fraction of sp³-hybridized carbons (Fsp3) is 0.400. The number of nitrogens with two attached hydrogens (primary N) is 1. The maximum Gasteiger partial charge on any atom is 0.416 e. The number of carbonyl (C=O) groups excluding carboxylic acids is 1. The standard InChI is InChI=1S/C20H22F3N7O/c21-20(22,23)14-6-4-13(5-7-14)11-30-12-26-16-17(24)27-19(28-18(16)30)25-8-2-10-29-9-1-3-15(29)31/h4-7,12H,1-3,8-11H2,(H3,24,25,27,28). The van der Waals surface area contributed by atoms with E-state index < -0.39 is 11.7 Å². The molecule has 3 N–H and O–H groups in total. The summed E-state index contributed by atoms with van der Waals surface area (Å²) in [7, 11) is 0. The van der Waals surface area contributed by atoms with Gasteiger partial charge < -0.3 is 20.5 Å². The first kappa shape index (κ1) is 20.9. The van der Waals surface area contributed by atoms with Crippen LogP contribution >= 0.6 is 0 Å². The van der Waals surface area contributed by atoms with E-state index in [2.05, 4.69) is 20.3 Å². The average molecular weight is 433 g/mol. The summed E-state index contributed by atoms with van der Waals surface area (Å²) >= 11 is 0. The summed E-state index contributed by atoms with van der Waals surface area (Å²) in [6.45, 7) is 2.34. The van der Waals surface area contributed by atoms with Gasteiger partial charge in [0.15, 0.2) is 11.5 Å². The molecule has 3 aromatic rings. The molecule has 11 heteroatoms. The number of halogens is 3. The van der Waals surface area contributed by atoms with Gasteiger partial charge in [0, 0.05) is 26.1 Å². The van der Waals surface area contributed by atoms with Crippen molar-refractivity contribution in [3.63, 3.8) is 0 Å². The van der Waals surface area contributed by atoms with Crippen LogP contribution in [-0.2, 0) is 17.5 Å². The predicted octanol–water partition coefficient (Wildman–Crippen LogP) is 2.90. The van der Waals surface area contributed by atoms with Crippen LogP contribution in [0.5, 0.6) is 0 Å². The van der Waals surface area contributed by atoms with Crippen LogP contribution in [0.2, 0.25) is 0 Å². The Morgan fingerprint density at radius 2 is 1.94 bits per heavy atom. The van der Waals surface area contributed by atoms with Crippen molar-refractivity contribution in [2.24, 2.45) is 0 Å². The maximum atomic E-state index is 12.8. The lowest BCUT2D eigenvalue weighted by atomic mass is 10.1. The van der Waals surface area contributed by atoms with Crippen molar-refractivity contribution in [2.75, 3.05) is 30.7 Å². The summed E-state index contributed by atoms with van der Waals surface area (Å²) < 4.78 is 40.0. The summed E-state index contributed by atoms with van der Waals surface area (Å²) in [4.78, 5) is 26.4. The lowest BCUT2D eigenvalue weighted by Crippen LogP contribution is -2.27. The normalized spacial score (nSPS) is 14.5. The molecule has 3 heterocycles. The Morgan fingerprint density at radius 1 is 1.16 bits per heavy atom. The summed E-state index contributed by atoms with van der Waals surface area (Å²) in [5.74, 6) is 0.745. The lowest BCUT2D eigenvalue weighted by molar-refractivity contribution is -0.137. The number of rotatable bonds is 7. The molecule has 2 aromatic heterocycles. The van der Waals surface area contributed by atoms with Crippen LogP contribution in [0, 0.1) is 0 Å². The molecule has 0 spiro atoms. The van der Waals surface area contributed by atoms with Crippen LogP contribution in [0.15, 0.2) is 30.6 Å². The Morgan fingerprint density at radius 3 is 2.61 bits per heavy atom. The zero-order valence-electron chi connectivity index (χ0n) is 16.7. The zero-order valence-corrected chi connectivity index (χ0v) is 16.7. The zero-order chi connectivity index (χ0) is 22.0. The van der Waals surface area contributed by atoms with E-state index in [0.717, 1.165) is 31.5 Å². The number of nitrogens with one attached hydrogen (secondary N) is 1. The quantitative estimate of drug-likeness (QED) is 0.556. The Bertz CT molecular complexity index is 1080. The molecule has 0 atom stereocenters. The van der Waals surface area contributed by atoms with Crippen molar-refractivity contribution < 1.29 is 18.0 Å². The monoisotopic (exact) mass is 433 g/mol. The molecule has 0 bridgehead atoms. The van der Waals surface area contributed by atoms with Gasteiger partial charge in [0.25, 0.3) is 0 Å². The van der Waals surface area contributed by atoms with Crippen molar-refractivity contribution in [3.8, 4) is 0 Å². The highest BCUT2D eigenvalue weighted by molar-refractivity contribution is 5.83. The van der Waals surface area contributed by atoms with Gasteiger partial charge in [-0.15, -0.1) is 0 Å². The Labute approximate surface area is 176 Å². The third kappa shape index (κ3) is 4.70. The molecule has 4 rings (SSSR count). The van der Waals surface area contributed by atoms with Gasteiger partial charge in [0.05, 0.1) is 18.4 Å². The number of hydrogen-bond acceptors (Lipinski definition) is 6. The first-order chi connectivity index (χ1) is 14.8. The minimum absolute atomic E-state index is 0.189. The number of hydrogen-bond donors (Lipinski definition) is 2. The van der Waals surface area contributed by atoms with Gasteiger partial charge in [0.1, 0.15) is 5.52 Å². The molecule has 1 aliphatic rings. The molecule has 8 nitrogen and oxygen atoms in total. The van der Waals surface area contributed by atoms with E-state index in [9.17, 15) is 18.0 Å². The molecule has 1 aromatic carbocycles. The highest BCUT2D eigenvalue weighted by atomic mass is 19.4. The molecule has 31 heavy (non-hydrogen) atoms. The molecule has 1 amide bonds. The fourth-order valence-electron chi connectivity index (χ4n) is 3.57. The van der Waals surface area contributed by atoms with E-state index in [1.807, 2.05) is 4.90 Å². The molecule has 1 fully saturated rings. The molecule has 0 radical (unpaired) electrons. The smallest absolute Gasteiger partial charge is 0.382 e. The van der Waals surface area contributed by atoms with Crippen LogP contribution in [-0.4, -0.2) is 50.0 Å². The number of nitrogens with zero attached hydrogens (tertiary/aromatic N) is 5. The largest absolute Gasteiger partial charge is 0.416 e. The van der Waals surface area contributed by atoms with E-state index >= 15 is 0 Å². The molecule has 0 unspecified atom stereocenters. The second-order valence-corrected chi connectivity index (χ2v) is 7.44. The van der Waals surface area contributed by atoms with Crippen molar-refractivity contribution in [1.29, 1.82) is 0 Å². The number of alkyl halides is 3. The highest BCUT2D eigenvalue weighted by Crippen LogP contribution is 2.29. The van der Waals surface area contributed by atoms with Gasteiger partial charge in [-0.1, -0.05) is 12.1 Å². The molecule has 0 aliphatic carbocycles. The first-order valence-electron chi connectivity index (χ1n) is 9.97. The predicted molar refractivity (Wildman–Crippen MR) is 109 cm³/mol. The average Bonchev–Trinajstić information content (AvgIpc) is 3.32. The van der Waals surface area contributed by atoms with Crippen molar-refractivity contribution in [1.82, 2.24) is 24.4 Å². The molecule has 164 valence electrons. The number of aromatic nitrogens is 4. The number of amides is 1. The van der Waals surface area contributed by atoms with Gasteiger partial charge in [-0.3, -0.25) is 4.79 Å². The van der Waals surface area contributed by atoms with Gasteiger partial charge in [0.2, 0.25) is 11.9 Å². The van der Waals surface area contributed by atoms with Crippen LogP contribution in [0.25, 0.3) is 11.2 Å². The third-order valence-electron chi connectivity index (χ3n) is 5.18. The Hall–Kier alpha value is -3.37. The topological polar surface area (TPSA) is 102 Å². The molecular formula is C20H22F3N7O. The fourth-order valence-corrected chi connectivity index (χ4v) is 3.57. The third-order valence-corrected chi connectivity index (χ3v) is 5.18. The van der Waals surface area contributed by atoms with Crippen LogP contribution in [0.3, 0.4) is 0 Å². The Balaban J connectivity index is 1.44. The van der Waals surface area contributed by atoms with E-state index in [-0.39, 0.29) is 11.7 Å². The van der Waals surface area contributed by atoms with Crippen molar-refractivity contribution >= 4 is 28.8 Å². The van der Waals surface area contributed by atoms with E-state index in [1.165, 1.54) is 18.5 Å². The van der Waals surface area contributed by atoms with Crippen LogP contribution < -0.4 is 11.1 Å². The van der Waals surface area contributed by atoms with E-state index in [4.69, 9.17) is 5.73 Å². The second-order valence-electron chi connectivity index (χ2n) is 7.44. The number of anilines is 2. The van der Waals surface area contributed by atoms with Crippen LogP contribution in [0.4, 0.5) is 24.9 Å². The molecule has 1 aliphatic heterocycles. The first-order valence-corrected chi connectivity index (χ1v) is 9.97. The minimum atomic E-state index is -4.37. The van der Waals surface area contributed by atoms with Gasteiger partial charge in [-0.25, -0.2) is 4.98 Å². The lowest BCUT2D eigenvalue weighted by Gasteiger charge is -2.15. The van der Waals surface area contributed by atoms with Gasteiger partial charge in [-0.2, -0.15) is 23.1 Å². The maximum absolute atomic E-state index is 12.8. The van der Waals surface area contributed by atoms with Gasteiger partial charge >= 0.3 is 6.18 Å². The van der Waals surface area contributed by atoms with E-state index in [1.54, 1.807) is 4.57 Å². The number of fused-ring (bicyclic) bond motifs is 1. The van der Waals surface area contributed by atoms with Crippen LogP contribution in [0.1, 0.15) is 30.4 Å². The number of benzene rings is 1. The Kier molecular flexibility index (Phi) is 5.66. The molecule has 0 saturated carbocycles. The molecular weight excluding hydrogens is 411 g/mol. The number of imidazole rings is 1. The number of nitrogen functional groups attached to an aromatic ring is 1. The minimum Gasteiger partial charge on any atom is -0.382 e. The van der Waals surface area contributed by atoms with Crippen molar-refractivity contribution in [3.05, 3.63) is 41.7 Å². The van der Waals surface area contributed by atoms with Gasteiger partial charge in [-0.05, 0) is 30.5 Å². The van der Waals surface area contributed by atoms with E-state index in [0.29, 0.717) is 48.7 Å². The summed E-state index contributed by atoms with van der Waals surface area (Å²) in [5.41, 5.74) is 6.91. The number of carbonyl (C=O) groups is 1. The molecule has 1 saturated heterocycles. The SMILES string of the molecule is Nc1nc(NCCCN2CCCC2=O)nc2c1ncn2Cc1ccc(C(F)(F)F)cc1. The van der Waals surface area contributed by atoms with Crippen molar-refractivity contribution in [2.45, 2.75) is 32.0 Å². The number of likely N-dealkylation sites (tertiary alicyclic amines) is 1. The second kappa shape index (κ2) is 8.40. The summed E-state index contributed by atoms with van der Waals surface area (Å²) in [6, 6.07) is 4.96. The highest BCUT2D eigenvalue weighted by Gasteiger charge is 2.30.